The Labute approximate surface area is 145 Å². The molecule has 0 heterocycles. The summed E-state index contributed by atoms with van der Waals surface area (Å²) < 4.78 is 20.7. The highest BCUT2D eigenvalue weighted by molar-refractivity contribution is 5.75. The van der Waals surface area contributed by atoms with E-state index in [0.717, 1.165) is 6.42 Å². The van der Waals surface area contributed by atoms with Gasteiger partial charge in [0.15, 0.2) is 0 Å². The van der Waals surface area contributed by atoms with E-state index in [2.05, 4.69) is 5.32 Å². The van der Waals surface area contributed by atoms with E-state index in [1.807, 2.05) is 20.8 Å². The molecule has 0 aliphatic heterocycles. The lowest BCUT2D eigenvalue weighted by atomic mass is 10.3. The van der Waals surface area contributed by atoms with Crippen molar-refractivity contribution in [1.82, 2.24) is 5.32 Å². The van der Waals surface area contributed by atoms with E-state index < -0.39 is 5.91 Å². The SMILES string of the molecule is CC.CCCC(=O)NCCOCCOCCOCCOCC(N)=O. The lowest BCUT2D eigenvalue weighted by Gasteiger charge is -2.07. The van der Waals surface area contributed by atoms with E-state index >= 15 is 0 Å². The molecule has 0 spiro atoms. The van der Waals surface area contributed by atoms with Crippen LogP contribution in [0.5, 0.6) is 0 Å². The smallest absolute Gasteiger partial charge is 0.243 e. The normalized spacial score (nSPS) is 9.96. The van der Waals surface area contributed by atoms with Crippen molar-refractivity contribution in [2.24, 2.45) is 5.73 Å². The minimum Gasteiger partial charge on any atom is -0.377 e. The Morgan fingerprint density at radius 1 is 0.833 bits per heavy atom. The zero-order chi connectivity index (χ0) is 18.5. The summed E-state index contributed by atoms with van der Waals surface area (Å²) in [5, 5.41) is 2.76. The second kappa shape index (κ2) is 21.8. The quantitative estimate of drug-likeness (QED) is 0.392. The molecule has 0 aromatic carbocycles. The molecule has 2 amide bonds. The first-order valence-electron chi connectivity index (χ1n) is 8.52. The van der Waals surface area contributed by atoms with Crippen LogP contribution in [0, 0.1) is 0 Å². The minimum absolute atomic E-state index is 0.0549. The molecule has 0 saturated heterocycles. The summed E-state index contributed by atoms with van der Waals surface area (Å²) in [7, 11) is 0. The van der Waals surface area contributed by atoms with Crippen molar-refractivity contribution in [3.8, 4) is 0 Å². The second-order valence-electron chi connectivity index (χ2n) is 4.46. The molecule has 8 heteroatoms. The van der Waals surface area contributed by atoms with Gasteiger partial charge in [0, 0.05) is 13.0 Å². The van der Waals surface area contributed by atoms with E-state index in [9.17, 15) is 9.59 Å². The topological polar surface area (TPSA) is 109 Å². The fourth-order valence-electron chi connectivity index (χ4n) is 1.41. The number of nitrogens with one attached hydrogen (secondary N) is 1. The number of primary amides is 1. The third kappa shape index (κ3) is 23.1. The molecule has 8 nitrogen and oxygen atoms in total. The molecule has 0 saturated carbocycles. The van der Waals surface area contributed by atoms with Gasteiger partial charge in [-0.1, -0.05) is 20.8 Å². The van der Waals surface area contributed by atoms with E-state index in [4.69, 9.17) is 24.7 Å². The minimum atomic E-state index is -0.492. The Morgan fingerprint density at radius 3 is 1.75 bits per heavy atom. The molecular weight excluding hydrogens is 316 g/mol. The summed E-state index contributed by atoms with van der Waals surface area (Å²) in [6.07, 6.45) is 1.40. The van der Waals surface area contributed by atoms with Crippen LogP contribution < -0.4 is 11.1 Å². The molecule has 0 aliphatic carbocycles. The third-order valence-electron chi connectivity index (χ3n) is 2.41. The Hall–Kier alpha value is -1.22. The molecule has 0 aromatic heterocycles. The molecule has 0 unspecified atom stereocenters. The van der Waals surface area contributed by atoms with Gasteiger partial charge in [0.1, 0.15) is 6.61 Å². The Kier molecular flexibility index (Phi) is 22.7. The van der Waals surface area contributed by atoms with Crippen molar-refractivity contribution < 1.29 is 28.5 Å². The number of rotatable bonds is 16. The maximum absolute atomic E-state index is 11.1. The Bertz CT molecular complexity index is 290. The van der Waals surface area contributed by atoms with Gasteiger partial charge in [0.05, 0.1) is 46.2 Å². The predicted octanol–water partition coefficient (Wildman–Crippen LogP) is 0.481. The first kappa shape index (κ1) is 25.0. The van der Waals surface area contributed by atoms with Crippen molar-refractivity contribution in [2.45, 2.75) is 33.6 Å². The zero-order valence-electron chi connectivity index (χ0n) is 15.3. The maximum Gasteiger partial charge on any atom is 0.243 e. The number of amides is 2. The van der Waals surface area contributed by atoms with Gasteiger partial charge in [-0.3, -0.25) is 9.59 Å². The largest absolute Gasteiger partial charge is 0.377 e. The number of ether oxygens (including phenoxy) is 4. The summed E-state index contributed by atoms with van der Waals surface area (Å²) in [6.45, 7) is 9.47. The molecule has 0 rings (SSSR count). The molecule has 144 valence electrons. The third-order valence-corrected chi connectivity index (χ3v) is 2.41. The van der Waals surface area contributed by atoms with Crippen molar-refractivity contribution in [2.75, 3.05) is 59.4 Å². The fraction of sp³-hybridized carbons (Fsp3) is 0.875. The summed E-state index contributed by atoms with van der Waals surface area (Å²) in [4.78, 5) is 21.5. The van der Waals surface area contributed by atoms with Crippen molar-refractivity contribution in [3.05, 3.63) is 0 Å². The summed E-state index contributed by atoms with van der Waals surface area (Å²) in [5.74, 6) is -0.437. The van der Waals surface area contributed by atoms with E-state index in [-0.39, 0.29) is 12.5 Å². The van der Waals surface area contributed by atoms with Crippen LogP contribution in [0.2, 0.25) is 0 Å². The van der Waals surface area contributed by atoms with Gasteiger partial charge in [0.25, 0.3) is 0 Å². The van der Waals surface area contributed by atoms with Crippen molar-refractivity contribution in [3.63, 3.8) is 0 Å². The summed E-state index contributed by atoms with van der Waals surface area (Å²) in [5.41, 5.74) is 4.90. The van der Waals surface area contributed by atoms with Gasteiger partial charge in [-0.05, 0) is 6.42 Å². The van der Waals surface area contributed by atoms with Crippen LogP contribution in [0.3, 0.4) is 0 Å². The maximum atomic E-state index is 11.1. The van der Waals surface area contributed by atoms with Gasteiger partial charge < -0.3 is 30.0 Å². The highest BCUT2D eigenvalue weighted by atomic mass is 16.6. The van der Waals surface area contributed by atoms with Crippen molar-refractivity contribution >= 4 is 11.8 Å². The van der Waals surface area contributed by atoms with E-state index in [1.54, 1.807) is 0 Å². The van der Waals surface area contributed by atoms with E-state index in [1.165, 1.54) is 0 Å². The molecule has 0 aliphatic rings. The van der Waals surface area contributed by atoms with Crippen LogP contribution >= 0.6 is 0 Å². The molecule has 0 aromatic rings. The average Bonchev–Trinajstić information content (AvgIpc) is 2.57. The van der Waals surface area contributed by atoms with Crippen LogP contribution in [-0.4, -0.2) is 71.2 Å². The molecule has 0 radical (unpaired) electrons. The van der Waals surface area contributed by atoms with Crippen LogP contribution in [0.25, 0.3) is 0 Å². The Morgan fingerprint density at radius 2 is 1.29 bits per heavy atom. The van der Waals surface area contributed by atoms with Gasteiger partial charge in [-0.15, -0.1) is 0 Å². The second-order valence-corrected chi connectivity index (χ2v) is 4.46. The van der Waals surface area contributed by atoms with Gasteiger partial charge in [-0.2, -0.15) is 0 Å². The van der Waals surface area contributed by atoms with E-state index in [0.29, 0.717) is 59.2 Å². The van der Waals surface area contributed by atoms with Crippen LogP contribution in [0.4, 0.5) is 0 Å². The first-order valence-corrected chi connectivity index (χ1v) is 8.52. The van der Waals surface area contributed by atoms with Gasteiger partial charge in [0.2, 0.25) is 11.8 Å². The fourth-order valence-corrected chi connectivity index (χ4v) is 1.41. The van der Waals surface area contributed by atoms with Crippen LogP contribution in [0.15, 0.2) is 0 Å². The molecule has 0 fully saturated rings. The van der Waals surface area contributed by atoms with Gasteiger partial charge in [-0.25, -0.2) is 0 Å². The molecule has 3 N–H and O–H groups in total. The van der Waals surface area contributed by atoms with Crippen LogP contribution in [-0.2, 0) is 28.5 Å². The number of carbonyl (C=O) groups excluding carboxylic acids is 2. The molecule has 0 bridgehead atoms. The lowest BCUT2D eigenvalue weighted by Crippen LogP contribution is -2.27. The number of carbonyl (C=O) groups is 2. The first-order chi connectivity index (χ1) is 11.7. The summed E-state index contributed by atoms with van der Waals surface area (Å²) in [6, 6.07) is 0. The average molecular weight is 350 g/mol. The zero-order valence-corrected chi connectivity index (χ0v) is 15.3. The predicted molar refractivity (Wildman–Crippen MR) is 91.7 cm³/mol. The Balaban J connectivity index is 0. The monoisotopic (exact) mass is 350 g/mol. The summed E-state index contributed by atoms with van der Waals surface area (Å²) >= 11 is 0. The number of hydrogen-bond donors (Lipinski definition) is 2. The molecule has 0 atom stereocenters. The number of hydrogen-bond acceptors (Lipinski definition) is 6. The van der Waals surface area contributed by atoms with Crippen LogP contribution in [0.1, 0.15) is 33.6 Å². The number of nitrogens with two attached hydrogens (primary N) is 1. The standard InChI is InChI=1S/C14H28N2O6.C2H6/c1-2-3-14(18)16-4-5-19-6-7-20-8-9-21-10-11-22-12-13(15)17;1-2/h2-12H2,1H3,(H2,15,17)(H,16,18);1-2H3. The molecule has 24 heavy (non-hydrogen) atoms. The highest BCUT2D eigenvalue weighted by Crippen LogP contribution is 1.85. The van der Waals surface area contributed by atoms with Gasteiger partial charge >= 0.3 is 0 Å². The highest BCUT2D eigenvalue weighted by Gasteiger charge is 1.97. The van der Waals surface area contributed by atoms with Crippen molar-refractivity contribution in [1.29, 1.82) is 0 Å². The molecular formula is C16H34N2O6. The lowest BCUT2D eigenvalue weighted by molar-refractivity contribution is -0.123.